The van der Waals surface area contributed by atoms with Crippen LogP contribution in [-0.2, 0) is 4.79 Å². The number of hydrogen-bond donors (Lipinski definition) is 2. The van der Waals surface area contributed by atoms with E-state index in [1.54, 1.807) is 7.05 Å². The molecule has 1 amide bonds. The minimum Gasteiger partial charge on any atom is -0.348 e. The lowest BCUT2D eigenvalue weighted by Gasteiger charge is -2.23. The van der Waals surface area contributed by atoms with Crippen molar-refractivity contribution in [3.05, 3.63) is 34.9 Å². The van der Waals surface area contributed by atoms with Crippen molar-refractivity contribution in [2.45, 2.75) is 19.9 Å². The number of carbonyl (C=O) groups is 1. The fraction of sp³-hybridized carbons (Fsp3) is 0.462. The molecule has 3 nitrogen and oxygen atoms in total. The van der Waals surface area contributed by atoms with Gasteiger partial charge in [-0.25, -0.2) is 0 Å². The summed E-state index contributed by atoms with van der Waals surface area (Å²) >= 11 is 5.85. The molecule has 0 fully saturated rings. The Hall–Kier alpha value is -0.770. The lowest BCUT2D eigenvalue weighted by Crippen LogP contribution is -2.37. The zero-order valence-corrected chi connectivity index (χ0v) is 12.4. The van der Waals surface area contributed by atoms with Crippen LogP contribution in [0.4, 0.5) is 0 Å². The minimum atomic E-state index is 0. The lowest BCUT2D eigenvalue weighted by atomic mass is 9.96. The predicted octanol–water partition coefficient (Wildman–Crippen LogP) is 2.79. The van der Waals surface area contributed by atoms with Gasteiger partial charge in [0.25, 0.3) is 0 Å². The third-order valence-corrected chi connectivity index (χ3v) is 2.80. The molecule has 0 aliphatic carbocycles. The Balaban J connectivity index is 0.00000289. The maximum absolute atomic E-state index is 11.6. The Kier molecular flexibility index (Phi) is 8.00. The van der Waals surface area contributed by atoms with E-state index in [1.807, 2.05) is 24.3 Å². The third-order valence-electron chi connectivity index (χ3n) is 2.55. The van der Waals surface area contributed by atoms with E-state index in [1.165, 1.54) is 0 Å². The molecule has 2 N–H and O–H groups in total. The Labute approximate surface area is 120 Å². The molecule has 1 rings (SSSR count). The van der Waals surface area contributed by atoms with Gasteiger partial charge in [0.1, 0.15) is 0 Å². The van der Waals surface area contributed by atoms with Gasteiger partial charge in [0, 0.05) is 5.02 Å². The Morgan fingerprint density at radius 2 is 1.83 bits per heavy atom. The minimum absolute atomic E-state index is 0. The van der Waals surface area contributed by atoms with Gasteiger partial charge < -0.3 is 10.6 Å². The average Bonchev–Trinajstić information content (AvgIpc) is 2.27. The summed E-state index contributed by atoms with van der Waals surface area (Å²) in [6.45, 7) is 4.49. The molecule has 0 bridgehead atoms. The smallest absolute Gasteiger partial charge is 0.234 e. The van der Waals surface area contributed by atoms with Crippen molar-refractivity contribution in [1.82, 2.24) is 10.6 Å². The van der Waals surface area contributed by atoms with Crippen molar-refractivity contribution < 1.29 is 4.79 Å². The number of hydrogen-bond acceptors (Lipinski definition) is 2. The van der Waals surface area contributed by atoms with Crippen LogP contribution in [0.5, 0.6) is 0 Å². The molecule has 0 spiro atoms. The summed E-state index contributed by atoms with van der Waals surface area (Å²) in [4.78, 5) is 11.6. The molecule has 0 radical (unpaired) electrons. The van der Waals surface area contributed by atoms with Crippen LogP contribution in [-0.4, -0.2) is 19.5 Å². The van der Waals surface area contributed by atoms with Gasteiger partial charge in [-0.15, -0.1) is 12.4 Å². The van der Waals surface area contributed by atoms with E-state index < -0.39 is 0 Å². The highest BCUT2D eigenvalue weighted by atomic mass is 35.5. The number of rotatable bonds is 5. The van der Waals surface area contributed by atoms with E-state index in [-0.39, 0.29) is 24.4 Å². The van der Waals surface area contributed by atoms with Crippen LogP contribution in [0.15, 0.2) is 24.3 Å². The maximum Gasteiger partial charge on any atom is 0.234 e. The van der Waals surface area contributed by atoms with Crippen LogP contribution in [0.1, 0.15) is 25.5 Å². The highest BCUT2D eigenvalue weighted by Crippen LogP contribution is 2.23. The van der Waals surface area contributed by atoms with Crippen molar-refractivity contribution in [2.75, 3.05) is 13.6 Å². The van der Waals surface area contributed by atoms with E-state index in [4.69, 9.17) is 11.6 Å². The molecule has 1 aromatic carbocycles. The summed E-state index contributed by atoms with van der Waals surface area (Å²) in [5.74, 6) is 0.332. The van der Waals surface area contributed by atoms with Gasteiger partial charge in [0.2, 0.25) is 5.91 Å². The second-order valence-electron chi connectivity index (χ2n) is 4.37. The van der Waals surface area contributed by atoms with E-state index >= 15 is 0 Å². The average molecular weight is 291 g/mol. The fourth-order valence-electron chi connectivity index (χ4n) is 1.69. The number of likely N-dealkylation sites (N-methyl/N-ethyl adjacent to an activating group) is 1. The van der Waals surface area contributed by atoms with Gasteiger partial charge in [0.15, 0.2) is 0 Å². The normalized spacial score (nSPS) is 11.8. The highest BCUT2D eigenvalue weighted by molar-refractivity contribution is 6.30. The van der Waals surface area contributed by atoms with Gasteiger partial charge >= 0.3 is 0 Å². The van der Waals surface area contributed by atoms with E-state index in [2.05, 4.69) is 24.5 Å². The molecule has 1 unspecified atom stereocenters. The largest absolute Gasteiger partial charge is 0.348 e. The van der Waals surface area contributed by atoms with Crippen LogP contribution >= 0.6 is 24.0 Å². The highest BCUT2D eigenvalue weighted by Gasteiger charge is 2.17. The molecule has 102 valence electrons. The Morgan fingerprint density at radius 3 is 2.28 bits per heavy atom. The first-order valence-electron chi connectivity index (χ1n) is 5.74. The zero-order valence-electron chi connectivity index (χ0n) is 10.9. The standard InChI is InChI=1S/C13H19ClN2O.ClH/c1-9(2)13(16-12(17)8-15-3)10-4-6-11(14)7-5-10;/h4-7,9,13,15H,8H2,1-3H3,(H,16,17);1H. The quantitative estimate of drug-likeness (QED) is 0.876. The number of amides is 1. The second kappa shape index (κ2) is 8.35. The van der Waals surface area contributed by atoms with Crippen LogP contribution in [0, 0.1) is 5.92 Å². The zero-order chi connectivity index (χ0) is 12.8. The molecular weight excluding hydrogens is 271 g/mol. The molecule has 0 heterocycles. The van der Waals surface area contributed by atoms with Crippen molar-refractivity contribution in [1.29, 1.82) is 0 Å². The number of halogens is 2. The van der Waals surface area contributed by atoms with Crippen LogP contribution in [0.25, 0.3) is 0 Å². The van der Waals surface area contributed by atoms with E-state index in [0.717, 1.165) is 5.56 Å². The van der Waals surface area contributed by atoms with Gasteiger partial charge in [0.05, 0.1) is 12.6 Å². The molecular formula is C13H20Cl2N2O. The maximum atomic E-state index is 11.6. The first-order valence-corrected chi connectivity index (χ1v) is 6.11. The molecule has 0 aliphatic heterocycles. The summed E-state index contributed by atoms with van der Waals surface area (Å²) < 4.78 is 0. The number of carbonyl (C=O) groups excluding carboxylic acids is 1. The fourth-order valence-corrected chi connectivity index (χ4v) is 1.82. The van der Waals surface area contributed by atoms with Gasteiger partial charge in [-0.3, -0.25) is 4.79 Å². The number of benzene rings is 1. The van der Waals surface area contributed by atoms with Gasteiger partial charge in [-0.2, -0.15) is 0 Å². The van der Waals surface area contributed by atoms with Crippen molar-refractivity contribution in [3.8, 4) is 0 Å². The molecule has 1 atom stereocenters. The number of nitrogens with one attached hydrogen (secondary N) is 2. The topological polar surface area (TPSA) is 41.1 Å². The van der Waals surface area contributed by atoms with Crippen LogP contribution in [0.2, 0.25) is 5.02 Å². The third kappa shape index (κ3) is 5.25. The van der Waals surface area contributed by atoms with E-state index in [0.29, 0.717) is 17.5 Å². The summed E-state index contributed by atoms with van der Waals surface area (Å²) in [6, 6.07) is 7.61. The summed E-state index contributed by atoms with van der Waals surface area (Å²) in [6.07, 6.45) is 0. The first kappa shape index (κ1) is 17.2. The molecule has 0 saturated heterocycles. The Bertz CT molecular complexity index is 366. The van der Waals surface area contributed by atoms with E-state index in [9.17, 15) is 4.79 Å². The molecule has 18 heavy (non-hydrogen) atoms. The molecule has 0 aromatic heterocycles. The summed E-state index contributed by atoms with van der Waals surface area (Å²) in [5.41, 5.74) is 1.08. The molecule has 1 aromatic rings. The van der Waals surface area contributed by atoms with Crippen molar-refractivity contribution in [3.63, 3.8) is 0 Å². The summed E-state index contributed by atoms with van der Waals surface area (Å²) in [7, 11) is 1.76. The molecule has 0 saturated carbocycles. The second-order valence-corrected chi connectivity index (χ2v) is 4.81. The van der Waals surface area contributed by atoms with Crippen LogP contribution < -0.4 is 10.6 Å². The van der Waals surface area contributed by atoms with Crippen LogP contribution in [0.3, 0.4) is 0 Å². The van der Waals surface area contributed by atoms with Crippen molar-refractivity contribution in [2.24, 2.45) is 5.92 Å². The molecule has 0 aliphatic rings. The van der Waals surface area contributed by atoms with Crippen molar-refractivity contribution >= 4 is 29.9 Å². The monoisotopic (exact) mass is 290 g/mol. The van der Waals surface area contributed by atoms with Gasteiger partial charge in [-0.1, -0.05) is 37.6 Å². The Morgan fingerprint density at radius 1 is 1.28 bits per heavy atom. The first-order chi connectivity index (χ1) is 8.04. The SMILES string of the molecule is CNCC(=O)NC(c1ccc(Cl)cc1)C(C)C.Cl. The van der Waals surface area contributed by atoms with Gasteiger partial charge in [-0.05, 0) is 30.7 Å². The predicted molar refractivity (Wildman–Crippen MR) is 78.3 cm³/mol. The lowest BCUT2D eigenvalue weighted by molar-refractivity contribution is -0.121. The molecule has 5 heteroatoms. The summed E-state index contributed by atoms with van der Waals surface area (Å²) in [5, 5.41) is 6.55.